The zero-order chi connectivity index (χ0) is 12.4. The Balaban J connectivity index is 2.06. The number of fused-ring (bicyclic) bond motifs is 1. The van der Waals surface area contributed by atoms with Crippen LogP contribution in [0.4, 0.5) is 0 Å². The molecule has 0 amide bonds. The number of hydrogen-bond donors (Lipinski definition) is 0. The van der Waals surface area contributed by atoms with Crippen LogP contribution in [0.5, 0.6) is 0 Å². The average molecular weight is 269 g/mol. The number of hydrogen-bond acceptors (Lipinski definition) is 3. The summed E-state index contributed by atoms with van der Waals surface area (Å²) >= 11 is 7.04. The highest BCUT2D eigenvalue weighted by molar-refractivity contribution is 7.73. The third kappa shape index (κ3) is 2.33. The molecule has 3 rings (SSSR count). The minimum absolute atomic E-state index is 0.847. The lowest BCUT2D eigenvalue weighted by molar-refractivity contribution is 1.15. The number of rotatable bonds is 2. The molecule has 0 unspecified atom stereocenters. The highest BCUT2D eigenvalue weighted by Gasteiger charge is 2.02. The van der Waals surface area contributed by atoms with Gasteiger partial charge >= 0.3 is 0 Å². The van der Waals surface area contributed by atoms with E-state index in [0.29, 0.717) is 0 Å². The Morgan fingerprint density at radius 3 is 2.50 bits per heavy atom. The smallest absolute Gasteiger partial charge is 0.101 e. The summed E-state index contributed by atoms with van der Waals surface area (Å²) in [5.41, 5.74) is 2.26. The molecule has 0 atom stereocenters. The van der Waals surface area contributed by atoms with Gasteiger partial charge in [-0.05, 0) is 11.6 Å². The van der Waals surface area contributed by atoms with Crippen molar-refractivity contribution in [3.8, 4) is 0 Å². The first-order chi connectivity index (χ1) is 8.83. The maximum absolute atomic E-state index is 5.44. The average Bonchev–Trinajstić information content (AvgIpc) is 2.40. The van der Waals surface area contributed by atoms with Gasteiger partial charge in [-0.1, -0.05) is 60.7 Å². The fraction of sp³-hybridized carbons (Fsp3) is 0.0667. The van der Waals surface area contributed by atoms with E-state index < -0.39 is 0 Å². The van der Waals surface area contributed by atoms with Crippen LogP contribution in [0.3, 0.4) is 0 Å². The maximum Gasteiger partial charge on any atom is 0.101 e. The molecule has 0 aliphatic rings. The van der Waals surface area contributed by atoms with E-state index in [1.807, 2.05) is 30.3 Å². The summed E-state index contributed by atoms with van der Waals surface area (Å²) in [6, 6.07) is 18.4. The van der Waals surface area contributed by atoms with Gasteiger partial charge in [0.25, 0.3) is 0 Å². The van der Waals surface area contributed by atoms with Crippen molar-refractivity contribution in [1.82, 2.24) is 4.98 Å². The number of benzene rings is 2. The van der Waals surface area contributed by atoms with E-state index >= 15 is 0 Å². The molecule has 2 aromatic carbocycles. The maximum atomic E-state index is 5.44. The van der Waals surface area contributed by atoms with Gasteiger partial charge in [0.2, 0.25) is 0 Å². The van der Waals surface area contributed by atoms with E-state index in [2.05, 4.69) is 29.2 Å². The summed E-state index contributed by atoms with van der Waals surface area (Å²) in [7, 11) is 0. The first kappa shape index (κ1) is 11.5. The van der Waals surface area contributed by atoms with Crippen LogP contribution in [0.2, 0.25) is 0 Å². The van der Waals surface area contributed by atoms with Gasteiger partial charge in [0, 0.05) is 11.8 Å². The van der Waals surface area contributed by atoms with Gasteiger partial charge in [0.1, 0.15) is 3.82 Å². The Bertz CT molecular complexity index is 732. The highest BCUT2D eigenvalue weighted by Crippen LogP contribution is 2.21. The predicted octanol–water partition coefficient (Wildman–Crippen LogP) is 4.62. The van der Waals surface area contributed by atoms with Crippen molar-refractivity contribution in [2.75, 3.05) is 0 Å². The zero-order valence-corrected chi connectivity index (χ0v) is 11.3. The topological polar surface area (TPSA) is 12.9 Å². The molecule has 0 bridgehead atoms. The van der Waals surface area contributed by atoms with Gasteiger partial charge < -0.3 is 0 Å². The van der Waals surface area contributed by atoms with Crippen molar-refractivity contribution in [2.45, 2.75) is 6.42 Å². The molecular weight excluding hydrogens is 258 g/mol. The summed E-state index contributed by atoms with van der Waals surface area (Å²) in [5.74, 6) is 0. The third-order valence-corrected chi connectivity index (χ3v) is 4.12. The van der Waals surface area contributed by atoms with Crippen LogP contribution in [0.25, 0.3) is 10.9 Å². The standard InChI is InChI=1S/C15H11NS2/c17-15-12-8-4-5-9-13(12)16-14(18-15)10-11-6-2-1-3-7-11/h1-9H,10H2. The first-order valence-electron chi connectivity index (χ1n) is 5.75. The molecule has 88 valence electrons. The fourth-order valence-electron chi connectivity index (χ4n) is 1.91. The summed E-state index contributed by atoms with van der Waals surface area (Å²) < 4.78 is 0.923. The molecular formula is C15H11NS2. The Kier molecular flexibility index (Phi) is 3.17. The van der Waals surface area contributed by atoms with Gasteiger partial charge in [-0.2, -0.15) is 0 Å². The molecule has 3 heteroatoms. The summed E-state index contributed by atoms with van der Waals surface area (Å²) in [6.07, 6.45) is 0.847. The molecule has 3 aromatic rings. The van der Waals surface area contributed by atoms with Gasteiger partial charge in [-0.25, -0.2) is 4.98 Å². The van der Waals surface area contributed by atoms with Crippen LogP contribution in [-0.4, -0.2) is 4.98 Å². The summed E-state index contributed by atoms with van der Waals surface area (Å²) in [4.78, 5) is 4.68. The lowest BCUT2D eigenvalue weighted by atomic mass is 10.2. The van der Waals surface area contributed by atoms with Crippen LogP contribution in [0, 0.1) is 3.82 Å². The minimum Gasteiger partial charge on any atom is -0.242 e. The fourth-order valence-corrected chi connectivity index (χ4v) is 3.25. The van der Waals surface area contributed by atoms with E-state index in [0.717, 1.165) is 26.2 Å². The highest BCUT2D eigenvalue weighted by atomic mass is 32.1. The lowest BCUT2D eigenvalue weighted by Gasteiger charge is -2.02. The van der Waals surface area contributed by atoms with Gasteiger partial charge in [-0.3, -0.25) is 0 Å². The Morgan fingerprint density at radius 1 is 0.944 bits per heavy atom. The van der Waals surface area contributed by atoms with Gasteiger partial charge in [-0.15, -0.1) is 11.3 Å². The van der Waals surface area contributed by atoms with Gasteiger partial charge in [0.15, 0.2) is 0 Å². The van der Waals surface area contributed by atoms with Crippen LogP contribution in [-0.2, 0) is 6.42 Å². The van der Waals surface area contributed by atoms with E-state index in [4.69, 9.17) is 12.2 Å². The molecule has 0 saturated carbocycles. The number of nitrogens with zero attached hydrogens (tertiary/aromatic N) is 1. The van der Waals surface area contributed by atoms with Crippen LogP contribution in [0.1, 0.15) is 10.6 Å². The third-order valence-electron chi connectivity index (χ3n) is 2.78. The molecule has 1 heterocycles. The normalized spacial score (nSPS) is 10.7. The molecule has 0 aliphatic carbocycles. The Labute approximate surface area is 115 Å². The first-order valence-corrected chi connectivity index (χ1v) is 6.98. The van der Waals surface area contributed by atoms with Crippen molar-refractivity contribution < 1.29 is 0 Å². The molecule has 1 nitrogen and oxygen atoms in total. The SMILES string of the molecule is S=c1sc(Cc2ccccc2)nc2ccccc12. The number of para-hydroxylation sites is 1. The summed E-state index contributed by atoms with van der Waals surface area (Å²) in [6.45, 7) is 0. The molecule has 0 saturated heterocycles. The van der Waals surface area contributed by atoms with Crippen LogP contribution in [0.15, 0.2) is 54.6 Å². The predicted molar refractivity (Wildman–Crippen MR) is 79.7 cm³/mol. The van der Waals surface area contributed by atoms with Crippen molar-refractivity contribution in [3.63, 3.8) is 0 Å². The van der Waals surface area contributed by atoms with E-state index in [1.165, 1.54) is 5.56 Å². The quantitative estimate of drug-likeness (QED) is 0.630. The van der Waals surface area contributed by atoms with Crippen LogP contribution < -0.4 is 0 Å². The molecule has 0 aliphatic heterocycles. The minimum atomic E-state index is 0.847. The summed E-state index contributed by atoms with van der Waals surface area (Å²) in [5, 5.41) is 2.15. The second kappa shape index (κ2) is 4.96. The lowest BCUT2D eigenvalue weighted by Crippen LogP contribution is -1.90. The largest absolute Gasteiger partial charge is 0.242 e. The molecule has 0 N–H and O–H groups in total. The van der Waals surface area contributed by atoms with Crippen LogP contribution >= 0.6 is 23.6 Å². The molecule has 18 heavy (non-hydrogen) atoms. The zero-order valence-electron chi connectivity index (χ0n) is 9.67. The van der Waals surface area contributed by atoms with E-state index in [9.17, 15) is 0 Å². The molecule has 0 spiro atoms. The number of aromatic nitrogens is 1. The molecule has 1 aromatic heterocycles. The van der Waals surface area contributed by atoms with Crippen molar-refractivity contribution in [2.24, 2.45) is 0 Å². The molecule has 0 fully saturated rings. The Hall–Kier alpha value is -1.58. The second-order valence-electron chi connectivity index (χ2n) is 4.07. The molecule has 0 radical (unpaired) electrons. The van der Waals surface area contributed by atoms with E-state index in [-0.39, 0.29) is 0 Å². The van der Waals surface area contributed by atoms with Crippen molar-refractivity contribution in [1.29, 1.82) is 0 Å². The Morgan fingerprint density at radius 2 is 1.67 bits per heavy atom. The van der Waals surface area contributed by atoms with Gasteiger partial charge in [0.05, 0.1) is 10.5 Å². The second-order valence-corrected chi connectivity index (χ2v) is 5.82. The van der Waals surface area contributed by atoms with E-state index in [1.54, 1.807) is 11.3 Å². The van der Waals surface area contributed by atoms with Crippen molar-refractivity contribution in [3.05, 3.63) is 69.0 Å². The monoisotopic (exact) mass is 269 g/mol. The van der Waals surface area contributed by atoms with Crippen molar-refractivity contribution >= 4 is 34.5 Å².